The SMILES string of the molecule is C#CNc1ccccc1.C#CNc1ccccc1.C#CNc1ccccc1.C#CNc1ccccc1.[SiH4]. The molecule has 4 nitrogen and oxygen atoms in total. The minimum atomic E-state index is 0. The second kappa shape index (κ2) is 22.3. The average Bonchev–Trinajstić information content (AvgIpc) is 2.93. The summed E-state index contributed by atoms with van der Waals surface area (Å²) in [7, 11) is 0. The summed E-state index contributed by atoms with van der Waals surface area (Å²) in [4.78, 5) is 0. The first kappa shape index (κ1) is 31.5. The van der Waals surface area contributed by atoms with Crippen LogP contribution in [-0.2, 0) is 0 Å². The normalized spacial score (nSPS) is 7.68. The Morgan fingerprint density at radius 2 is 0.486 bits per heavy atom. The summed E-state index contributed by atoms with van der Waals surface area (Å²) in [5, 5.41) is 10.9. The summed E-state index contributed by atoms with van der Waals surface area (Å²) in [6.07, 6.45) is 20.0. The third-order valence-electron chi connectivity index (χ3n) is 3.96. The van der Waals surface area contributed by atoms with Gasteiger partial charge in [-0.1, -0.05) is 98.5 Å². The topological polar surface area (TPSA) is 48.1 Å². The standard InChI is InChI=1S/4C8H7N.H4Si/c4*1-2-9-8-6-4-3-5-7-8;/h4*1,3-7,9H;1H4. The van der Waals surface area contributed by atoms with Crippen LogP contribution in [-0.4, -0.2) is 11.0 Å². The molecule has 4 aromatic rings. The van der Waals surface area contributed by atoms with E-state index in [4.69, 9.17) is 25.7 Å². The number of rotatable bonds is 4. The molecule has 0 aliphatic carbocycles. The number of benzene rings is 4. The largest absolute Gasteiger partial charge is 0.315 e. The fourth-order valence-electron chi connectivity index (χ4n) is 2.42. The lowest BCUT2D eigenvalue weighted by molar-refractivity contribution is 1.63. The van der Waals surface area contributed by atoms with Crippen molar-refractivity contribution in [2.75, 3.05) is 21.3 Å². The maximum Gasteiger partial charge on any atom is 0.0459 e. The summed E-state index contributed by atoms with van der Waals surface area (Å²) < 4.78 is 0. The van der Waals surface area contributed by atoms with Crippen molar-refractivity contribution in [2.24, 2.45) is 0 Å². The molecule has 0 aliphatic rings. The number of hydrogen-bond acceptors (Lipinski definition) is 4. The fraction of sp³-hybridized carbons (Fsp3) is 0. The van der Waals surface area contributed by atoms with E-state index in [-0.39, 0.29) is 11.0 Å². The van der Waals surface area contributed by atoms with E-state index < -0.39 is 0 Å². The van der Waals surface area contributed by atoms with Gasteiger partial charge in [0.1, 0.15) is 0 Å². The van der Waals surface area contributed by atoms with Gasteiger partial charge in [-0.15, -0.1) is 0 Å². The predicted molar refractivity (Wildman–Crippen MR) is 167 cm³/mol. The van der Waals surface area contributed by atoms with Crippen molar-refractivity contribution in [1.82, 2.24) is 0 Å². The van der Waals surface area contributed by atoms with Gasteiger partial charge in [0, 0.05) is 46.9 Å². The Hall–Kier alpha value is -5.46. The number of terminal acetylenes is 4. The van der Waals surface area contributed by atoms with Crippen LogP contribution in [0.2, 0.25) is 0 Å². The van der Waals surface area contributed by atoms with Crippen molar-refractivity contribution in [3.05, 3.63) is 121 Å². The van der Waals surface area contributed by atoms with E-state index in [9.17, 15) is 0 Å². The number of para-hydroxylation sites is 4. The van der Waals surface area contributed by atoms with Crippen LogP contribution in [0.15, 0.2) is 121 Å². The van der Waals surface area contributed by atoms with Crippen LogP contribution in [0, 0.1) is 49.9 Å². The van der Waals surface area contributed by atoms with Crippen molar-refractivity contribution >= 4 is 33.7 Å². The molecule has 37 heavy (non-hydrogen) atoms. The molecule has 0 aliphatic heterocycles. The summed E-state index contributed by atoms with van der Waals surface area (Å²) in [5.41, 5.74) is 3.83. The van der Waals surface area contributed by atoms with E-state index in [1.54, 1.807) is 0 Å². The van der Waals surface area contributed by atoms with Crippen molar-refractivity contribution in [3.63, 3.8) is 0 Å². The molecule has 0 unspecified atom stereocenters. The zero-order chi connectivity index (χ0) is 26.1. The summed E-state index contributed by atoms with van der Waals surface area (Å²) in [5.74, 6) is 0. The highest BCUT2D eigenvalue weighted by molar-refractivity contribution is 5.75. The molecule has 184 valence electrons. The molecule has 4 N–H and O–H groups in total. The van der Waals surface area contributed by atoms with E-state index in [0.717, 1.165) is 22.7 Å². The van der Waals surface area contributed by atoms with Crippen molar-refractivity contribution < 1.29 is 0 Å². The minimum absolute atomic E-state index is 0. The van der Waals surface area contributed by atoms with E-state index in [1.165, 1.54) is 0 Å². The van der Waals surface area contributed by atoms with Gasteiger partial charge in [0.2, 0.25) is 0 Å². The first-order valence-corrected chi connectivity index (χ1v) is 10.8. The summed E-state index contributed by atoms with van der Waals surface area (Å²) >= 11 is 0. The molecule has 4 aromatic carbocycles. The highest BCUT2D eigenvalue weighted by Gasteiger charge is 1.82. The third kappa shape index (κ3) is 16.7. The van der Waals surface area contributed by atoms with E-state index >= 15 is 0 Å². The maximum atomic E-state index is 5.00. The molecule has 0 aromatic heterocycles. The second-order valence-electron chi connectivity index (χ2n) is 6.54. The molecule has 0 fully saturated rings. The van der Waals surface area contributed by atoms with Crippen molar-refractivity contribution in [1.29, 1.82) is 0 Å². The van der Waals surface area contributed by atoms with Gasteiger partial charge in [0.15, 0.2) is 0 Å². The Morgan fingerprint density at radius 1 is 0.324 bits per heavy atom. The highest BCUT2D eigenvalue weighted by atomic mass is 28.1. The first-order valence-electron chi connectivity index (χ1n) is 10.8. The van der Waals surface area contributed by atoms with Crippen LogP contribution in [0.25, 0.3) is 0 Å². The van der Waals surface area contributed by atoms with Gasteiger partial charge in [-0.05, 0) is 59.5 Å². The van der Waals surface area contributed by atoms with Gasteiger partial charge < -0.3 is 21.3 Å². The molecule has 0 atom stereocenters. The zero-order valence-electron chi connectivity index (χ0n) is 19.9. The van der Waals surface area contributed by atoms with Crippen LogP contribution >= 0.6 is 0 Å². The van der Waals surface area contributed by atoms with Crippen molar-refractivity contribution in [3.8, 4) is 49.9 Å². The number of nitrogens with one attached hydrogen (secondary N) is 4. The van der Waals surface area contributed by atoms with Crippen LogP contribution in [0.3, 0.4) is 0 Å². The lowest BCUT2D eigenvalue weighted by Crippen LogP contribution is -1.83. The van der Waals surface area contributed by atoms with E-state index in [1.807, 2.05) is 121 Å². The molecule has 0 spiro atoms. The fourth-order valence-corrected chi connectivity index (χ4v) is 2.42. The molecular formula is C32H32N4Si. The quantitative estimate of drug-likeness (QED) is 0.174. The summed E-state index contributed by atoms with van der Waals surface area (Å²) in [6, 6.07) is 47.9. The Labute approximate surface area is 226 Å². The van der Waals surface area contributed by atoms with Gasteiger partial charge in [-0.2, -0.15) is 0 Å². The van der Waals surface area contributed by atoms with Gasteiger partial charge in [0.05, 0.1) is 0 Å². The average molecular weight is 501 g/mol. The van der Waals surface area contributed by atoms with Crippen LogP contribution in [0.5, 0.6) is 0 Å². The highest BCUT2D eigenvalue weighted by Crippen LogP contribution is 2.04. The number of hydrogen-bond donors (Lipinski definition) is 4. The monoisotopic (exact) mass is 500 g/mol. The molecule has 0 bridgehead atoms. The van der Waals surface area contributed by atoms with Crippen LogP contribution in [0.1, 0.15) is 0 Å². The maximum absolute atomic E-state index is 5.00. The van der Waals surface area contributed by atoms with Crippen molar-refractivity contribution in [2.45, 2.75) is 0 Å². The summed E-state index contributed by atoms with van der Waals surface area (Å²) in [6.45, 7) is 0. The van der Waals surface area contributed by atoms with Crippen LogP contribution < -0.4 is 21.3 Å². The van der Waals surface area contributed by atoms with Gasteiger partial charge in [0.25, 0.3) is 0 Å². The smallest absolute Gasteiger partial charge is 0.0459 e. The lowest BCUT2D eigenvalue weighted by Gasteiger charge is -1.93. The Bertz CT molecular complexity index is 1040. The lowest BCUT2D eigenvalue weighted by atomic mass is 10.3. The molecule has 0 heterocycles. The molecule has 0 saturated heterocycles. The van der Waals surface area contributed by atoms with Gasteiger partial charge in [-0.25, -0.2) is 0 Å². The van der Waals surface area contributed by atoms with E-state index in [0.29, 0.717) is 0 Å². The molecule has 4 rings (SSSR count). The third-order valence-corrected chi connectivity index (χ3v) is 3.96. The zero-order valence-corrected chi connectivity index (χ0v) is 19.9. The van der Waals surface area contributed by atoms with Gasteiger partial charge in [-0.3, -0.25) is 0 Å². The minimum Gasteiger partial charge on any atom is -0.315 e. The van der Waals surface area contributed by atoms with Gasteiger partial charge >= 0.3 is 0 Å². The molecular weight excluding hydrogens is 468 g/mol. The van der Waals surface area contributed by atoms with E-state index in [2.05, 4.69) is 45.4 Å². The molecule has 5 heteroatoms. The molecule has 0 radical (unpaired) electrons. The Balaban J connectivity index is 0.000000463. The second-order valence-corrected chi connectivity index (χ2v) is 6.54. The molecule has 0 amide bonds. The Morgan fingerprint density at radius 3 is 0.622 bits per heavy atom. The Kier molecular flexibility index (Phi) is 19.0. The molecule has 0 saturated carbocycles. The number of anilines is 4. The predicted octanol–water partition coefficient (Wildman–Crippen LogP) is 5.31. The first-order chi connectivity index (χ1) is 17.7. The van der Waals surface area contributed by atoms with Crippen LogP contribution in [0.4, 0.5) is 22.7 Å².